The van der Waals surface area contributed by atoms with Crippen molar-refractivity contribution in [3.05, 3.63) is 53.2 Å². The Labute approximate surface area is 209 Å². The molecular formula is C24H31BrN4O4S. The van der Waals surface area contributed by atoms with E-state index in [-0.39, 0.29) is 12.5 Å². The SMILES string of the molecule is COC[C@H](C(=O)Nc1cccc2ccn(S(=O)(=O)C3(C)C=CC=C(Br)C3)c12)N1CCN(C)CC1. The molecule has 1 aromatic carbocycles. The third-order valence-electron chi connectivity index (χ3n) is 6.63. The van der Waals surface area contributed by atoms with E-state index in [1.54, 1.807) is 44.5 Å². The van der Waals surface area contributed by atoms with Gasteiger partial charge in [-0.3, -0.25) is 9.69 Å². The first kappa shape index (κ1) is 25.1. The molecule has 0 spiro atoms. The molecule has 1 aromatic heterocycles. The summed E-state index contributed by atoms with van der Waals surface area (Å²) in [6, 6.07) is 6.70. The van der Waals surface area contributed by atoms with Crippen LogP contribution < -0.4 is 5.32 Å². The molecule has 2 aromatic rings. The standard InChI is InChI=1S/C24H31BrN4O4S/c1-24(10-5-7-19(25)16-24)34(31,32)29-11-9-18-6-4-8-20(22(18)29)26-23(30)21(17-33-3)28-14-12-27(2)13-15-28/h4-11,21H,12-17H2,1-3H3,(H,26,30)/t21-,24?/m1/s1. The van der Waals surface area contributed by atoms with Gasteiger partial charge >= 0.3 is 0 Å². The number of aromatic nitrogens is 1. The second-order valence-corrected chi connectivity index (χ2v) is 12.4. The molecule has 34 heavy (non-hydrogen) atoms. The minimum atomic E-state index is -3.83. The molecule has 0 bridgehead atoms. The summed E-state index contributed by atoms with van der Waals surface area (Å²) in [5, 5.41) is 3.74. The highest BCUT2D eigenvalue weighted by Gasteiger charge is 2.40. The fourth-order valence-electron chi connectivity index (χ4n) is 4.53. The number of para-hydroxylation sites is 1. The normalized spacial score (nSPS) is 23.1. The van der Waals surface area contributed by atoms with Crippen molar-refractivity contribution < 1.29 is 17.9 Å². The van der Waals surface area contributed by atoms with Crippen LogP contribution in [0.15, 0.2) is 53.2 Å². The van der Waals surface area contributed by atoms with Crippen molar-refractivity contribution in [1.29, 1.82) is 0 Å². The average molecular weight is 552 g/mol. The van der Waals surface area contributed by atoms with E-state index in [4.69, 9.17) is 4.74 Å². The van der Waals surface area contributed by atoms with Gasteiger partial charge in [0.25, 0.3) is 0 Å². The average Bonchev–Trinajstić information content (AvgIpc) is 3.24. The van der Waals surface area contributed by atoms with Crippen LogP contribution in [0.3, 0.4) is 0 Å². The number of anilines is 1. The Morgan fingerprint density at radius 3 is 2.65 bits per heavy atom. The van der Waals surface area contributed by atoms with Crippen LogP contribution in [0.2, 0.25) is 0 Å². The molecule has 1 fully saturated rings. The Balaban J connectivity index is 1.68. The second-order valence-electron chi connectivity index (χ2n) is 9.12. The van der Waals surface area contributed by atoms with E-state index >= 15 is 0 Å². The van der Waals surface area contributed by atoms with Crippen molar-refractivity contribution in [1.82, 2.24) is 13.8 Å². The molecule has 10 heteroatoms. The monoisotopic (exact) mass is 550 g/mol. The zero-order valence-corrected chi connectivity index (χ0v) is 22.1. The zero-order chi connectivity index (χ0) is 24.5. The third kappa shape index (κ3) is 4.74. The topological polar surface area (TPSA) is 83.9 Å². The van der Waals surface area contributed by atoms with E-state index in [2.05, 4.69) is 38.1 Å². The first-order chi connectivity index (χ1) is 16.2. The maximum absolute atomic E-state index is 13.8. The number of hydrogen-bond donors (Lipinski definition) is 1. The molecule has 0 saturated carbocycles. The number of ether oxygens (including phenoxy) is 1. The minimum Gasteiger partial charge on any atom is -0.383 e. The lowest BCUT2D eigenvalue weighted by Crippen LogP contribution is -2.54. The molecule has 1 aliphatic carbocycles. The van der Waals surface area contributed by atoms with Crippen LogP contribution in [0.1, 0.15) is 13.3 Å². The Morgan fingerprint density at radius 1 is 1.24 bits per heavy atom. The molecule has 1 aliphatic heterocycles. The van der Waals surface area contributed by atoms with Crippen LogP contribution in [0.5, 0.6) is 0 Å². The predicted molar refractivity (Wildman–Crippen MR) is 139 cm³/mol. The van der Waals surface area contributed by atoms with Gasteiger partial charge in [0.1, 0.15) is 10.8 Å². The fraction of sp³-hybridized carbons (Fsp3) is 0.458. The Hall–Kier alpha value is -1.98. The zero-order valence-electron chi connectivity index (χ0n) is 19.7. The lowest BCUT2D eigenvalue weighted by molar-refractivity contribution is -0.124. The summed E-state index contributed by atoms with van der Waals surface area (Å²) in [6.07, 6.45) is 7.21. The maximum Gasteiger partial charge on any atom is 0.248 e. The van der Waals surface area contributed by atoms with Gasteiger partial charge in [-0.1, -0.05) is 46.3 Å². The number of nitrogens with one attached hydrogen (secondary N) is 1. The summed E-state index contributed by atoms with van der Waals surface area (Å²) < 4.78 is 34.0. The smallest absolute Gasteiger partial charge is 0.248 e. The molecule has 2 heterocycles. The van der Waals surface area contributed by atoms with Crippen LogP contribution in [-0.2, 0) is 19.6 Å². The van der Waals surface area contributed by atoms with Gasteiger partial charge in [-0.15, -0.1) is 0 Å². The largest absolute Gasteiger partial charge is 0.383 e. The van der Waals surface area contributed by atoms with Crippen molar-refractivity contribution in [2.45, 2.75) is 24.1 Å². The molecule has 1 unspecified atom stereocenters. The molecular weight excluding hydrogens is 520 g/mol. The second kappa shape index (κ2) is 9.94. The number of halogens is 1. The fourth-order valence-corrected chi connectivity index (χ4v) is 7.15. The summed E-state index contributed by atoms with van der Waals surface area (Å²) in [5.74, 6) is -0.210. The number of nitrogens with zero attached hydrogens (tertiary/aromatic N) is 3. The predicted octanol–water partition coefficient (Wildman–Crippen LogP) is 3.02. The molecule has 1 amide bonds. The third-order valence-corrected chi connectivity index (χ3v) is 9.46. The molecule has 8 nitrogen and oxygen atoms in total. The number of allylic oxidation sites excluding steroid dienone is 3. The number of fused-ring (bicyclic) bond motifs is 1. The number of rotatable bonds is 7. The lowest BCUT2D eigenvalue weighted by atomic mass is 10.0. The summed E-state index contributed by atoms with van der Waals surface area (Å²) >= 11 is 3.45. The molecule has 4 rings (SSSR count). The van der Waals surface area contributed by atoms with Gasteiger partial charge in [0, 0.05) is 51.3 Å². The van der Waals surface area contributed by atoms with Crippen molar-refractivity contribution in [3.8, 4) is 0 Å². The Kier molecular flexibility index (Phi) is 7.35. The number of methoxy groups -OCH3 is 1. The molecule has 2 atom stereocenters. The van der Waals surface area contributed by atoms with Crippen molar-refractivity contribution >= 4 is 48.5 Å². The van der Waals surface area contributed by atoms with E-state index in [0.29, 0.717) is 17.6 Å². The number of benzene rings is 1. The van der Waals surface area contributed by atoms with E-state index in [1.165, 1.54) is 3.97 Å². The molecule has 184 valence electrons. The highest BCUT2D eigenvalue weighted by atomic mass is 79.9. The summed E-state index contributed by atoms with van der Waals surface area (Å²) in [5.41, 5.74) is 0.926. The number of likely N-dealkylation sites (N-methyl/N-ethyl adjacent to an activating group) is 1. The van der Waals surface area contributed by atoms with E-state index < -0.39 is 20.8 Å². The first-order valence-corrected chi connectivity index (χ1v) is 13.5. The number of carbonyl (C=O) groups is 1. The van der Waals surface area contributed by atoms with E-state index in [9.17, 15) is 13.2 Å². The minimum absolute atomic E-state index is 0.210. The number of carbonyl (C=O) groups excluding carboxylic acids is 1. The van der Waals surface area contributed by atoms with Gasteiger partial charge < -0.3 is 15.0 Å². The lowest BCUT2D eigenvalue weighted by Gasteiger charge is -2.36. The highest BCUT2D eigenvalue weighted by Crippen LogP contribution is 2.37. The first-order valence-electron chi connectivity index (χ1n) is 11.3. The van der Waals surface area contributed by atoms with Gasteiger partial charge in [0.05, 0.1) is 17.8 Å². The van der Waals surface area contributed by atoms with Crippen LogP contribution in [0.4, 0.5) is 5.69 Å². The van der Waals surface area contributed by atoms with Crippen LogP contribution in [0, 0.1) is 0 Å². The van der Waals surface area contributed by atoms with Crippen LogP contribution in [0.25, 0.3) is 10.9 Å². The van der Waals surface area contributed by atoms with Crippen LogP contribution in [-0.4, -0.2) is 85.8 Å². The highest BCUT2D eigenvalue weighted by molar-refractivity contribution is 9.11. The quantitative estimate of drug-likeness (QED) is 0.570. The number of piperazine rings is 1. The molecule has 1 saturated heterocycles. The van der Waals surface area contributed by atoms with Gasteiger partial charge in [-0.2, -0.15) is 0 Å². The number of amides is 1. The molecule has 2 aliphatic rings. The summed E-state index contributed by atoms with van der Waals surface area (Å²) in [6.45, 7) is 5.25. The molecule has 0 radical (unpaired) electrons. The van der Waals surface area contributed by atoms with Gasteiger partial charge in [-0.25, -0.2) is 12.4 Å². The van der Waals surface area contributed by atoms with Gasteiger partial charge in [0.2, 0.25) is 15.9 Å². The van der Waals surface area contributed by atoms with E-state index in [1.807, 2.05) is 18.2 Å². The van der Waals surface area contributed by atoms with Crippen molar-refractivity contribution in [2.24, 2.45) is 0 Å². The summed E-state index contributed by atoms with van der Waals surface area (Å²) in [4.78, 5) is 17.7. The summed E-state index contributed by atoms with van der Waals surface area (Å²) in [7, 11) is -0.179. The van der Waals surface area contributed by atoms with E-state index in [0.717, 1.165) is 36.0 Å². The van der Waals surface area contributed by atoms with Gasteiger partial charge in [-0.05, 0) is 30.6 Å². The molecule has 1 N–H and O–H groups in total. The number of hydrogen-bond acceptors (Lipinski definition) is 6. The Morgan fingerprint density at radius 2 is 1.97 bits per heavy atom. The maximum atomic E-state index is 13.8. The van der Waals surface area contributed by atoms with Crippen LogP contribution >= 0.6 is 15.9 Å². The van der Waals surface area contributed by atoms with Crippen molar-refractivity contribution in [3.63, 3.8) is 0 Å². The Bertz CT molecular complexity index is 1230. The van der Waals surface area contributed by atoms with Gasteiger partial charge in [0.15, 0.2) is 0 Å². The van der Waals surface area contributed by atoms with Crippen molar-refractivity contribution in [2.75, 3.05) is 52.3 Å².